The molecular formula is C10H14BrN5. The molecule has 0 aliphatic carbocycles. The number of nitrogens with zero attached hydrogens (tertiary/aromatic N) is 4. The molecule has 2 heterocycles. The number of rotatable bonds is 4. The van der Waals surface area contributed by atoms with Gasteiger partial charge in [-0.2, -0.15) is 10.2 Å². The summed E-state index contributed by atoms with van der Waals surface area (Å²) in [7, 11) is 1.90. The fraction of sp³-hybridized carbons (Fsp3) is 0.400. The van der Waals surface area contributed by atoms with Gasteiger partial charge in [0.15, 0.2) is 0 Å². The van der Waals surface area contributed by atoms with Crippen LogP contribution in [0.25, 0.3) is 0 Å². The van der Waals surface area contributed by atoms with Gasteiger partial charge in [0.05, 0.1) is 29.1 Å². The Balaban J connectivity index is 1.91. The van der Waals surface area contributed by atoms with Crippen LogP contribution < -0.4 is 5.32 Å². The van der Waals surface area contributed by atoms with Crippen LogP contribution in [0.1, 0.15) is 6.92 Å². The number of halogens is 1. The van der Waals surface area contributed by atoms with Crippen molar-refractivity contribution in [3.05, 3.63) is 29.3 Å². The zero-order chi connectivity index (χ0) is 11.5. The minimum absolute atomic E-state index is 0.302. The van der Waals surface area contributed by atoms with E-state index in [1.807, 2.05) is 30.3 Å². The molecular weight excluding hydrogens is 270 g/mol. The summed E-state index contributed by atoms with van der Waals surface area (Å²) in [5, 5.41) is 11.7. The molecule has 0 fully saturated rings. The van der Waals surface area contributed by atoms with Gasteiger partial charge in [0.1, 0.15) is 0 Å². The molecule has 0 saturated carbocycles. The predicted octanol–water partition coefficient (Wildman–Crippen LogP) is 1.88. The zero-order valence-corrected chi connectivity index (χ0v) is 10.8. The van der Waals surface area contributed by atoms with Crippen LogP contribution in [-0.4, -0.2) is 25.6 Å². The molecule has 6 heteroatoms. The lowest BCUT2D eigenvalue weighted by Crippen LogP contribution is -2.21. The normalized spacial score (nSPS) is 12.7. The number of hydrogen-bond acceptors (Lipinski definition) is 3. The summed E-state index contributed by atoms with van der Waals surface area (Å²) in [6.07, 6.45) is 7.52. The van der Waals surface area contributed by atoms with E-state index < -0.39 is 0 Å². The van der Waals surface area contributed by atoms with Crippen LogP contribution in [0.2, 0.25) is 0 Å². The molecule has 0 aliphatic rings. The summed E-state index contributed by atoms with van der Waals surface area (Å²) < 4.78 is 4.68. The summed E-state index contributed by atoms with van der Waals surface area (Å²) in [4.78, 5) is 0. The van der Waals surface area contributed by atoms with E-state index in [2.05, 4.69) is 38.4 Å². The molecule has 5 nitrogen and oxygen atoms in total. The van der Waals surface area contributed by atoms with Crippen LogP contribution >= 0.6 is 15.9 Å². The van der Waals surface area contributed by atoms with E-state index in [0.29, 0.717) is 6.04 Å². The molecule has 0 radical (unpaired) electrons. The van der Waals surface area contributed by atoms with E-state index in [1.165, 1.54) is 0 Å². The second kappa shape index (κ2) is 4.69. The van der Waals surface area contributed by atoms with Gasteiger partial charge in [0, 0.05) is 25.5 Å². The highest BCUT2D eigenvalue weighted by Gasteiger charge is 2.05. The van der Waals surface area contributed by atoms with Crippen LogP contribution in [-0.2, 0) is 13.6 Å². The highest BCUT2D eigenvalue weighted by molar-refractivity contribution is 9.10. The molecule has 0 aliphatic heterocycles. The van der Waals surface area contributed by atoms with Crippen LogP contribution in [0.3, 0.4) is 0 Å². The first kappa shape index (κ1) is 11.2. The summed E-state index contributed by atoms with van der Waals surface area (Å²) in [6, 6.07) is 0.302. The fourth-order valence-electron chi connectivity index (χ4n) is 1.54. The predicted molar refractivity (Wildman–Crippen MR) is 66.2 cm³/mol. The highest BCUT2D eigenvalue weighted by Crippen LogP contribution is 2.09. The molecule has 2 rings (SSSR count). The van der Waals surface area contributed by atoms with Gasteiger partial charge in [-0.1, -0.05) is 0 Å². The van der Waals surface area contributed by atoms with Crippen LogP contribution in [0.4, 0.5) is 5.69 Å². The number of aryl methyl sites for hydroxylation is 1. The third-order valence-electron chi connectivity index (χ3n) is 2.18. The molecule has 0 amide bonds. The van der Waals surface area contributed by atoms with E-state index in [-0.39, 0.29) is 0 Å². The Morgan fingerprint density at radius 1 is 1.38 bits per heavy atom. The van der Waals surface area contributed by atoms with Crippen LogP contribution in [0.15, 0.2) is 29.3 Å². The standard InChI is InChI=1S/C10H14BrN5/c1-8(5-16-6-9(11)3-13-16)14-10-4-12-15(2)7-10/h3-4,6-8,14H,5H2,1-2H3/t8-/m0/s1. The van der Waals surface area contributed by atoms with Gasteiger partial charge in [-0.3, -0.25) is 9.36 Å². The Labute approximate surface area is 103 Å². The van der Waals surface area contributed by atoms with Crippen molar-refractivity contribution < 1.29 is 0 Å². The molecule has 0 saturated heterocycles. The molecule has 86 valence electrons. The van der Waals surface area contributed by atoms with Crippen molar-refractivity contribution in [2.45, 2.75) is 19.5 Å². The summed E-state index contributed by atoms with van der Waals surface area (Å²) in [6.45, 7) is 2.93. The van der Waals surface area contributed by atoms with Gasteiger partial charge < -0.3 is 5.32 Å². The van der Waals surface area contributed by atoms with Crippen molar-refractivity contribution in [2.75, 3.05) is 5.32 Å². The number of hydrogen-bond donors (Lipinski definition) is 1. The summed E-state index contributed by atoms with van der Waals surface area (Å²) in [5.74, 6) is 0. The second-order valence-corrected chi connectivity index (χ2v) is 4.74. The molecule has 2 aromatic rings. The summed E-state index contributed by atoms with van der Waals surface area (Å²) >= 11 is 3.38. The van der Waals surface area contributed by atoms with Crippen molar-refractivity contribution in [1.82, 2.24) is 19.6 Å². The Morgan fingerprint density at radius 2 is 2.19 bits per heavy atom. The molecule has 0 unspecified atom stereocenters. The maximum absolute atomic E-state index is 4.21. The van der Waals surface area contributed by atoms with Crippen molar-refractivity contribution in [1.29, 1.82) is 0 Å². The van der Waals surface area contributed by atoms with E-state index in [4.69, 9.17) is 0 Å². The monoisotopic (exact) mass is 283 g/mol. The Kier molecular flexibility index (Phi) is 3.28. The Morgan fingerprint density at radius 3 is 2.75 bits per heavy atom. The molecule has 2 aromatic heterocycles. The van der Waals surface area contributed by atoms with E-state index in [1.54, 1.807) is 10.9 Å². The Hall–Kier alpha value is -1.30. The maximum atomic E-state index is 4.21. The lowest BCUT2D eigenvalue weighted by atomic mass is 10.3. The second-order valence-electron chi connectivity index (χ2n) is 3.83. The molecule has 1 N–H and O–H groups in total. The highest BCUT2D eigenvalue weighted by atomic mass is 79.9. The molecule has 1 atom stereocenters. The SMILES string of the molecule is C[C@@H](Cn1cc(Br)cn1)Nc1cnn(C)c1. The van der Waals surface area contributed by atoms with Gasteiger partial charge in [-0.25, -0.2) is 0 Å². The van der Waals surface area contributed by atoms with Gasteiger partial charge >= 0.3 is 0 Å². The zero-order valence-electron chi connectivity index (χ0n) is 9.26. The first-order chi connectivity index (χ1) is 7.63. The van der Waals surface area contributed by atoms with E-state index in [0.717, 1.165) is 16.7 Å². The average Bonchev–Trinajstić information content (AvgIpc) is 2.76. The van der Waals surface area contributed by atoms with Gasteiger partial charge in [0.2, 0.25) is 0 Å². The van der Waals surface area contributed by atoms with Crippen molar-refractivity contribution in [2.24, 2.45) is 7.05 Å². The van der Waals surface area contributed by atoms with Crippen LogP contribution in [0.5, 0.6) is 0 Å². The lowest BCUT2D eigenvalue weighted by Gasteiger charge is -2.13. The van der Waals surface area contributed by atoms with Gasteiger partial charge in [0.25, 0.3) is 0 Å². The smallest absolute Gasteiger partial charge is 0.0729 e. The first-order valence-corrected chi connectivity index (χ1v) is 5.86. The summed E-state index contributed by atoms with van der Waals surface area (Å²) in [5.41, 5.74) is 1.03. The van der Waals surface area contributed by atoms with Gasteiger partial charge in [-0.15, -0.1) is 0 Å². The minimum Gasteiger partial charge on any atom is -0.378 e. The average molecular weight is 284 g/mol. The quantitative estimate of drug-likeness (QED) is 0.932. The van der Waals surface area contributed by atoms with Crippen molar-refractivity contribution in [3.8, 4) is 0 Å². The molecule has 0 bridgehead atoms. The number of aromatic nitrogens is 4. The first-order valence-electron chi connectivity index (χ1n) is 5.06. The largest absolute Gasteiger partial charge is 0.378 e. The van der Waals surface area contributed by atoms with E-state index in [9.17, 15) is 0 Å². The minimum atomic E-state index is 0.302. The number of anilines is 1. The third kappa shape index (κ3) is 2.85. The van der Waals surface area contributed by atoms with Gasteiger partial charge in [-0.05, 0) is 22.9 Å². The van der Waals surface area contributed by atoms with E-state index >= 15 is 0 Å². The number of nitrogens with one attached hydrogen (secondary N) is 1. The lowest BCUT2D eigenvalue weighted by molar-refractivity contribution is 0.560. The van der Waals surface area contributed by atoms with Crippen LogP contribution in [0, 0.1) is 0 Å². The topological polar surface area (TPSA) is 47.7 Å². The maximum Gasteiger partial charge on any atom is 0.0729 e. The van der Waals surface area contributed by atoms with Crippen molar-refractivity contribution in [3.63, 3.8) is 0 Å². The molecule has 0 aromatic carbocycles. The Bertz CT molecular complexity index is 419. The molecule has 16 heavy (non-hydrogen) atoms. The molecule has 0 spiro atoms. The third-order valence-corrected chi connectivity index (χ3v) is 2.59. The fourth-order valence-corrected chi connectivity index (χ4v) is 1.87. The van der Waals surface area contributed by atoms with Crippen molar-refractivity contribution >= 4 is 21.6 Å².